The minimum Gasteiger partial charge on any atom is -0.385 e. The monoisotopic (exact) mass is 218 g/mol. The highest BCUT2D eigenvalue weighted by atomic mass is 14.9. The minimum absolute atomic E-state index is 0.915. The van der Waals surface area contributed by atoms with Crippen LogP contribution < -0.4 is 10.6 Å². The van der Waals surface area contributed by atoms with Crippen molar-refractivity contribution in [2.45, 2.75) is 26.2 Å². The highest BCUT2D eigenvalue weighted by molar-refractivity contribution is 5.45. The molecule has 0 unspecified atom stereocenters. The zero-order valence-electron chi connectivity index (χ0n) is 10.1. The fourth-order valence-corrected chi connectivity index (χ4v) is 2.35. The lowest BCUT2D eigenvalue weighted by molar-refractivity contribution is 0.361. The van der Waals surface area contributed by atoms with Crippen LogP contribution in [0.3, 0.4) is 0 Å². The van der Waals surface area contributed by atoms with Gasteiger partial charge in [0, 0.05) is 12.2 Å². The predicted octanol–water partition coefficient (Wildman–Crippen LogP) is 2.80. The van der Waals surface area contributed by atoms with E-state index in [1.54, 1.807) is 0 Å². The number of piperidine rings is 1. The molecule has 2 heteroatoms. The molecule has 1 aliphatic rings. The molecule has 16 heavy (non-hydrogen) atoms. The molecule has 2 rings (SSSR count). The molecule has 2 nitrogen and oxygen atoms in total. The average Bonchev–Trinajstić information content (AvgIpc) is 2.30. The van der Waals surface area contributed by atoms with Crippen LogP contribution in [0.4, 0.5) is 5.69 Å². The van der Waals surface area contributed by atoms with Crippen LogP contribution in [0.1, 0.15) is 24.8 Å². The van der Waals surface area contributed by atoms with Gasteiger partial charge in [0.15, 0.2) is 0 Å². The molecule has 0 bridgehead atoms. The molecule has 1 heterocycles. The fraction of sp³-hybridized carbons (Fsp3) is 0.571. The Hall–Kier alpha value is -1.02. The first-order valence-corrected chi connectivity index (χ1v) is 6.36. The Balaban J connectivity index is 1.71. The van der Waals surface area contributed by atoms with Crippen molar-refractivity contribution >= 4 is 5.69 Å². The molecule has 1 aromatic carbocycles. The normalized spacial score (nSPS) is 17.3. The Morgan fingerprint density at radius 2 is 2.12 bits per heavy atom. The lowest BCUT2D eigenvalue weighted by Gasteiger charge is -2.22. The van der Waals surface area contributed by atoms with Gasteiger partial charge < -0.3 is 10.6 Å². The smallest absolute Gasteiger partial charge is 0.0342 e. The van der Waals surface area contributed by atoms with E-state index in [9.17, 15) is 0 Å². The Morgan fingerprint density at radius 1 is 1.31 bits per heavy atom. The van der Waals surface area contributed by atoms with Gasteiger partial charge in [-0.05, 0) is 62.9 Å². The first-order valence-electron chi connectivity index (χ1n) is 6.36. The minimum atomic E-state index is 0.915. The van der Waals surface area contributed by atoms with Crippen LogP contribution >= 0.6 is 0 Å². The Bertz CT molecular complexity index is 316. The molecule has 2 N–H and O–H groups in total. The van der Waals surface area contributed by atoms with Crippen molar-refractivity contribution in [2.24, 2.45) is 5.92 Å². The van der Waals surface area contributed by atoms with E-state index in [4.69, 9.17) is 0 Å². The number of rotatable bonds is 4. The van der Waals surface area contributed by atoms with Crippen LogP contribution in [-0.4, -0.2) is 19.6 Å². The Morgan fingerprint density at radius 3 is 2.88 bits per heavy atom. The first kappa shape index (κ1) is 11.5. The van der Waals surface area contributed by atoms with Gasteiger partial charge in [0.05, 0.1) is 0 Å². The Labute approximate surface area is 98.4 Å². The molecule has 0 saturated carbocycles. The summed E-state index contributed by atoms with van der Waals surface area (Å²) < 4.78 is 0. The van der Waals surface area contributed by atoms with Gasteiger partial charge in [-0.25, -0.2) is 0 Å². The van der Waals surface area contributed by atoms with Crippen molar-refractivity contribution in [3.8, 4) is 0 Å². The van der Waals surface area contributed by atoms with Crippen molar-refractivity contribution in [3.05, 3.63) is 29.8 Å². The van der Waals surface area contributed by atoms with E-state index in [0.717, 1.165) is 12.5 Å². The van der Waals surface area contributed by atoms with Crippen molar-refractivity contribution < 1.29 is 0 Å². The Kier molecular flexibility index (Phi) is 4.23. The van der Waals surface area contributed by atoms with E-state index < -0.39 is 0 Å². The van der Waals surface area contributed by atoms with Crippen LogP contribution in [0.2, 0.25) is 0 Å². The summed E-state index contributed by atoms with van der Waals surface area (Å²) >= 11 is 0. The molecule has 1 aliphatic heterocycles. The van der Waals surface area contributed by atoms with Crippen molar-refractivity contribution in [1.82, 2.24) is 5.32 Å². The summed E-state index contributed by atoms with van der Waals surface area (Å²) in [6, 6.07) is 8.61. The van der Waals surface area contributed by atoms with E-state index in [2.05, 4.69) is 41.8 Å². The molecule has 0 atom stereocenters. The maximum atomic E-state index is 3.51. The zero-order valence-corrected chi connectivity index (χ0v) is 10.1. The van der Waals surface area contributed by atoms with Crippen molar-refractivity contribution in [2.75, 3.05) is 25.0 Å². The molecular weight excluding hydrogens is 196 g/mol. The second-order valence-corrected chi connectivity index (χ2v) is 4.78. The van der Waals surface area contributed by atoms with Crippen LogP contribution in [0.15, 0.2) is 24.3 Å². The molecule has 1 fully saturated rings. The van der Waals surface area contributed by atoms with Gasteiger partial charge in [-0.15, -0.1) is 0 Å². The van der Waals surface area contributed by atoms with Gasteiger partial charge >= 0.3 is 0 Å². The molecular formula is C14H22N2. The SMILES string of the molecule is Cc1cccc(NCCC2CCNCC2)c1. The summed E-state index contributed by atoms with van der Waals surface area (Å²) in [5, 5.41) is 6.92. The quantitative estimate of drug-likeness (QED) is 0.812. The summed E-state index contributed by atoms with van der Waals surface area (Å²) in [5.74, 6) is 0.915. The third kappa shape index (κ3) is 3.53. The lowest BCUT2D eigenvalue weighted by Crippen LogP contribution is -2.28. The maximum Gasteiger partial charge on any atom is 0.0342 e. The molecule has 88 valence electrons. The van der Waals surface area contributed by atoms with E-state index in [-0.39, 0.29) is 0 Å². The van der Waals surface area contributed by atoms with E-state index in [0.29, 0.717) is 0 Å². The first-order chi connectivity index (χ1) is 7.84. The van der Waals surface area contributed by atoms with E-state index >= 15 is 0 Å². The number of anilines is 1. The molecule has 1 aromatic rings. The summed E-state index contributed by atoms with van der Waals surface area (Å²) in [6.45, 7) is 5.65. The molecule has 0 radical (unpaired) electrons. The third-order valence-electron chi connectivity index (χ3n) is 3.36. The number of nitrogens with one attached hydrogen (secondary N) is 2. The fourth-order valence-electron chi connectivity index (χ4n) is 2.35. The van der Waals surface area contributed by atoms with Gasteiger partial charge in [-0.1, -0.05) is 12.1 Å². The van der Waals surface area contributed by atoms with Crippen LogP contribution in [0.5, 0.6) is 0 Å². The summed E-state index contributed by atoms with van der Waals surface area (Å²) in [6.07, 6.45) is 3.99. The molecule has 0 amide bonds. The zero-order chi connectivity index (χ0) is 11.2. The van der Waals surface area contributed by atoms with Gasteiger partial charge in [0.2, 0.25) is 0 Å². The highest BCUT2D eigenvalue weighted by Gasteiger charge is 2.11. The van der Waals surface area contributed by atoms with Crippen LogP contribution in [-0.2, 0) is 0 Å². The van der Waals surface area contributed by atoms with E-state index in [1.165, 1.54) is 43.6 Å². The van der Waals surface area contributed by atoms with Crippen LogP contribution in [0.25, 0.3) is 0 Å². The number of hydrogen-bond acceptors (Lipinski definition) is 2. The summed E-state index contributed by atoms with van der Waals surface area (Å²) in [4.78, 5) is 0. The second kappa shape index (κ2) is 5.90. The number of aryl methyl sites for hydroxylation is 1. The van der Waals surface area contributed by atoms with Crippen molar-refractivity contribution in [1.29, 1.82) is 0 Å². The van der Waals surface area contributed by atoms with E-state index in [1.807, 2.05) is 0 Å². The molecule has 1 saturated heterocycles. The van der Waals surface area contributed by atoms with Gasteiger partial charge in [0.1, 0.15) is 0 Å². The van der Waals surface area contributed by atoms with Gasteiger partial charge in [-0.2, -0.15) is 0 Å². The summed E-state index contributed by atoms with van der Waals surface area (Å²) in [5.41, 5.74) is 2.58. The number of benzene rings is 1. The van der Waals surface area contributed by atoms with Gasteiger partial charge in [0.25, 0.3) is 0 Å². The summed E-state index contributed by atoms with van der Waals surface area (Å²) in [7, 11) is 0. The predicted molar refractivity (Wildman–Crippen MR) is 69.9 cm³/mol. The molecule has 0 spiro atoms. The topological polar surface area (TPSA) is 24.1 Å². The van der Waals surface area contributed by atoms with Gasteiger partial charge in [-0.3, -0.25) is 0 Å². The van der Waals surface area contributed by atoms with Crippen LogP contribution in [0, 0.1) is 12.8 Å². The highest BCUT2D eigenvalue weighted by Crippen LogP contribution is 2.16. The van der Waals surface area contributed by atoms with Crippen molar-refractivity contribution in [3.63, 3.8) is 0 Å². The standard InChI is InChI=1S/C14H22N2/c1-12-3-2-4-14(11-12)16-10-7-13-5-8-15-9-6-13/h2-4,11,13,15-16H,5-10H2,1H3. The average molecular weight is 218 g/mol. The largest absolute Gasteiger partial charge is 0.385 e. The molecule has 0 aliphatic carbocycles. The third-order valence-corrected chi connectivity index (χ3v) is 3.36. The second-order valence-electron chi connectivity index (χ2n) is 4.78. The maximum absolute atomic E-state index is 3.51. The molecule has 0 aromatic heterocycles. The number of hydrogen-bond donors (Lipinski definition) is 2. The lowest BCUT2D eigenvalue weighted by atomic mass is 9.95.